The SMILES string of the molecule is Cl.O=C(NCC1CNC1)C1CC(=O)N(c2ccc(Cl)cc2)C1. The highest BCUT2D eigenvalue weighted by Crippen LogP contribution is 2.26. The van der Waals surface area contributed by atoms with Crippen LogP contribution < -0.4 is 15.5 Å². The second-order valence-corrected chi connectivity index (χ2v) is 6.09. The molecule has 0 bridgehead atoms. The number of halogens is 2. The van der Waals surface area contributed by atoms with Crippen molar-refractivity contribution in [2.45, 2.75) is 6.42 Å². The average molecular weight is 344 g/mol. The molecule has 3 rings (SSSR count). The molecule has 2 aliphatic heterocycles. The van der Waals surface area contributed by atoms with Gasteiger partial charge >= 0.3 is 0 Å². The Morgan fingerprint density at radius 2 is 2.00 bits per heavy atom. The number of rotatable bonds is 4. The van der Waals surface area contributed by atoms with Gasteiger partial charge in [0.05, 0.1) is 5.92 Å². The van der Waals surface area contributed by atoms with Crippen LogP contribution in [-0.2, 0) is 9.59 Å². The van der Waals surface area contributed by atoms with E-state index in [2.05, 4.69) is 10.6 Å². The Kier molecular flexibility index (Phi) is 5.67. The zero-order valence-corrected chi connectivity index (χ0v) is 13.6. The van der Waals surface area contributed by atoms with Crippen molar-refractivity contribution < 1.29 is 9.59 Å². The molecule has 1 atom stereocenters. The van der Waals surface area contributed by atoms with Crippen molar-refractivity contribution in [1.29, 1.82) is 0 Å². The molecule has 1 aromatic carbocycles. The fourth-order valence-electron chi connectivity index (χ4n) is 2.64. The van der Waals surface area contributed by atoms with Crippen molar-refractivity contribution in [2.75, 3.05) is 31.1 Å². The summed E-state index contributed by atoms with van der Waals surface area (Å²) >= 11 is 5.85. The summed E-state index contributed by atoms with van der Waals surface area (Å²) < 4.78 is 0. The second-order valence-electron chi connectivity index (χ2n) is 5.65. The Labute approximate surface area is 140 Å². The standard InChI is InChI=1S/C15H18ClN3O2.ClH/c16-12-1-3-13(4-2-12)19-9-11(5-14(19)20)15(21)18-8-10-6-17-7-10;/h1-4,10-11,17H,5-9H2,(H,18,21);1H. The number of carbonyl (C=O) groups is 2. The quantitative estimate of drug-likeness (QED) is 0.869. The minimum Gasteiger partial charge on any atom is -0.355 e. The summed E-state index contributed by atoms with van der Waals surface area (Å²) in [6.45, 7) is 3.05. The third-order valence-corrected chi connectivity index (χ3v) is 4.32. The van der Waals surface area contributed by atoms with Gasteiger partial charge in [0, 0.05) is 49.2 Å². The number of hydrogen-bond donors (Lipinski definition) is 2. The number of nitrogens with one attached hydrogen (secondary N) is 2. The molecule has 0 aromatic heterocycles. The Balaban J connectivity index is 0.00000176. The van der Waals surface area contributed by atoms with Gasteiger partial charge in [-0.15, -0.1) is 12.4 Å². The van der Waals surface area contributed by atoms with E-state index in [1.54, 1.807) is 29.2 Å². The summed E-state index contributed by atoms with van der Waals surface area (Å²) in [6, 6.07) is 7.11. The summed E-state index contributed by atoms with van der Waals surface area (Å²) in [7, 11) is 0. The van der Waals surface area contributed by atoms with E-state index in [0.717, 1.165) is 18.8 Å². The van der Waals surface area contributed by atoms with Crippen LogP contribution in [0.1, 0.15) is 6.42 Å². The topological polar surface area (TPSA) is 61.4 Å². The second kappa shape index (κ2) is 7.31. The number of benzene rings is 1. The Bertz CT molecular complexity index is 546. The third-order valence-electron chi connectivity index (χ3n) is 4.07. The van der Waals surface area contributed by atoms with Gasteiger partial charge in [0.15, 0.2) is 0 Å². The Morgan fingerprint density at radius 1 is 1.32 bits per heavy atom. The van der Waals surface area contributed by atoms with Crippen LogP contribution >= 0.6 is 24.0 Å². The van der Waals surface area contributed by atoms with Gasteiger partial charge in [-0.25, -0.2) is 0 Å². The van der Waals surface area contributed by atoms with Gasteiger partial charge in [-0.3, -0.25) is 9.59 Å². The predicted octanol–water partition coefficient (Wildman–Crippen LogP) is 1.45. The maximum Gasteiger partial charge on any atom is 0.227 e. The first-order valence-electron chi connectivity index (χ1n) is 7.18. The van der Waals surface area contributed by atoms with Crippen LogP contribution in [0.25, 0.3) is 0 Å². The zero-order chi connectivity index (χ0) is 14.8. The minimum atomic E-state index is -0.263. The molecule has 2 N–H and O–H groups in total. The van der Waals surface area contributed by atoms with Crippen LogP contribution in [0.3, 0.4) is 0 Å². The van der Waals surface area contributed by atoms with Gasteiger partial charge in [-0.05, 0) is 24.3 Å². The van der Waals surface area contributed by atoms with Gasteiger partial charge in [-0.1, -0.05) is 11.6 Å². The summed E-state index contributed by atoms with van der Waals surface area (Å²) in [6.07, 6.45) is 0.275. The van der Waals surface area contributed by atoms with Crippen molar-refractivity contribution in [1.82, 2.24) is 10.6 Å². The van der Waals surface area contributed by atoms with E-state index in [-0.39, 0.29) is 36.6 Å². The lowest BCUT2D eigenvalue weighted by molar-refractivity contribution is -0.126. The van der Waals surface area contributed by atoms with E-state index >= 15 is 0 Å². The molecule has 120 valence electrons. The first-order valence-corrected chi connectivity index (χ1v) is 7.55. The van der Waals surface area contributed by atoms with E-state index in [1.165, 1.54) is 0 Å². The molecule has 1 unspecified atom stereocenters. The molecule has 2 heterocycles. The molecule has 22 heavy (non-hydrogen) atoms. The van der Waals surface area contributed by atoms with Crippen LogP contribution in [-0.4, -0.2) is 38.0 Å². The molecule has 7 heteroatoms. The number of carbonyl (C=O) groups excluding carboxylic acids is 2. The normalized spacial score (nSPS) is 21.2. The van der Waals surface area contributed by atoms with Crippen LogP contribution in [0, 0.1) is 11.8 Å². The lowest BCUT2D eigenvalue weighted by Crippen LogP contribution is -2.49. The molecule has 5 nitrogen and oxygen atoms in total. The van der Waals surface area contributed by atoms with Gasteiger partial charge in [0.1, 0.15) is 0 Å². The van der Waals surface area contributed by atoms with E-state index in [9.17, 15) is 9.59 Å². The molecular weight excluding hydrogens is 325 g/mol. The maximum atomic E-state index is 12.1. The predicted molar refractivity (Wildman–Crippen MR) is 88.5 cm³/mol. The fourth-order valence-corrected chi connectivity index (χ4v) is 2.76. The fraction of sp³-hybridized carbons (Fsp3) is 0.467. The molecule has 2 aliphatic rings. The first kappa shape index (κ1) is 17.1. The molecule has 1 aromatic rings. The van der Waals surface area contributed by atoms with Crippen molar-refractivity contribution >= 4 is 41.5 Å². The summed E-state index contributed by atoms with van der Waals surface area (Å²) in [4.78, 5) is 25.9. The van der Waals surface area contributed by atoms with Gasteiger partial charge in [0.2, 0.25) is 11.8 Å². The molecule has 0 saturated carbocycles. The van der Waals surface area contributed by atoms with E-state index in [4.69, 9.17) is 11.6 Å². The lowest BCUT2D eigenvalue weighted by Gasteiger charge is -2.27. The van der Waals surface area contributed by atoms with E-state index < -0.39 is 0 Å². The van der Waals surface area contributed by atoms with Crippen LogP contribution in [0.15, 0.2) is 24.3 Å². The van der Waals surface area contributed by atoms with Crippen molar-refractivity contribution in [3.63, 3.8) is 0 Å². The van der Waals surface area contributed by atoms with Gasteiger partial charge < -0.3 is 15.5 Å². The molecular formula is C15H19Cl2N3O2. The highest BCUT2D eigenvalue weighted by Gasteiger charge is 2.35. The van der Waals surface area contributed by atoms with E-state index in [1.807, 2.05) is 0 Å². The summed E-state index contributed by atoms with van der Waals surface area (Å²) in [5.74, 6) is 0.231. The third kappa shape index (κ3) is 3.72. The highest BCUT2D eigenvalue weighted by atomic mass is 35.5. The number of anilines is 1. The minimum absolute atomic E-state index is 0. The van der Waals surface area contributed by atoms with Crippen molar-refractivity contribution in [3.8, 4) is 0 Å². The number of nitrogens with zero attached hydrogens (tertiary/aromatic N) is 1. The first-order chi connectivity index (χ1) is 10.1. The van der Waals surface area contributed by atoms with Gasteiger partial charge in [-0.2, -0.15) is 0 Å². The lowest BCUT2D eigenvalue weighted by atomic mass is 10.0. The zero-order valence-electron chi connectivity index (χ0n) is 12.0. The summed E-state index contributed by atoms with van der Waals surface area (Å²) in [5, 5.41) is 6.75. The highest BCUT2D eigenvalue weighted by molar-refractivity contribution is 6.30. The number of amides is 2. The molecule has 0 radical (unpaired) electrons. The molecule has 2 amide bonds. The van der Waals surface area contributed by atoms with E-state index in [0.29, 0.717) is 24.0 Å². The molecule has 2 saturated heterocycles. The molecule has 0 spiro atoms. The number of hydrogen-bond acceptors (Lipinski definition) is 3. The summed E-state index contributed by atoms with van der Waals surface area (Å²) in [5.41, 5.74) is 0.794. The molecule has 0 aliphatic carbocycles. The Morgan fingerprint density at radius 3 is 2.59 bits per heavy atom. The molecule has 2 fully saturated rings. The largest absolute Gasteiger partial charge is 0.355 e. The van der Waals surface area contributed by atoms with Crippen LogP contribution in [0.4, 0.5) is 5.69 Å². The maximum absolute atomic E-state index is 12.1. The van der Waals surface area contributed by atoms with Gasteiger partial charge in [0.25, 0.3) is 0 Å². The van der Waals surface area contributed by atoms with Crippen molar-refractivity contribution in [3.05, 3.63) is 29.3 Å². The Hall–Kier alpha value is -1.30. The van der Waals surface area contributed by atoms with Crippen molar-refractivity contribution in [2.24, 2.45) is 11.8 Å². The van der Waals surface area contributed by atoms with Crippen LogP contribution in [0.5, 0.6) is 0 Å². The average Bonchev–Trinajstić information content (AvgIpc) is 2.80. The monoisotopic (exact) mass is 343 g/mol. The smallest absolute Gasteiger partial charge is 0.227 e. The van der Waals surface area contributed by atoms with Crippen LogP contribution in [0.2, 0.25) is 5.02 Å².